The quantitative estimate of drug-likeness (QED) is 0.307. The number of fused-ring (bicyclic) bond motifs is 1. The summed E-state index contributed by atoms with van der Waals surface area (Å²) in [5, 5.41) is 15.9. The minimum absolute atomic E-state index is 0. The molecule has 4 rings (SSSR count). The van der Waals surface area contributed by atoms with E-state index in [1.807, 2.05) is 19.2 Å². The number of aryl methyl sites for hydroxylation is 1. The predicted octanol–water partition coefficient (Wildman–Crippen LogP) is 2.89. The predicted molar refractivity (Wildman–Crippen MR) is 129 cm³/mol. The second-order valence-electron chi connectivity index (χ2n) is 7.69. The van der Waals surface area contributed by atoms with E-state index in [4.69, 9.17) is 5.10 Å². The normalized spacial score (nSPS) is 16.1. The monoisotopic (exact) mass is 520 g/mol. The summed E-state index contributed by atoms with van der Waals surface area (Å²) in [6, 6.07) is 8.99. The number of aromatic nitrogens is 5. The number of benzene rings is 1. The lowest BCUT2D eigenvalue weighted by atomic mass is 9.94. The first-order valence-corrected chi connectivity index (χ1v) is 10.1. The van der Waals surface area contributed by atoms with Crippen molar-refractivity contribution in [3.63, 3.8) is 0 Å². The van der Waals surface area contributed by atoms with Crippen molar-refractivity contribution in [2.75, 3.05) is 7.05 Å². The largest absolute Gasteiger partial charge is 0.353 e. The topological polar surface area (TPSA) is 85.0 Å². The fourth-order valence-corrected chi connectivity index (χ4v) is 3.58. The van der Waals surface area contributed by atoms with Crippen molar-refractivity contribution < 1.29 is 0 Å². The lowest BCUT2D eigenvalue weighted by Crippen LogP contribution is -2.45. The highest BCUT2D eigenvalue weighted by Gasteiger charge is 2.23. The Morgan fingerprint density at radius 3 is 2.73 bits per heavy atom. The van der Waals surface area contributed by atoms with Gasteiger partial charge in [-0.1, -0.05) is 12.1 Å². The van der Waals surface area contributed by atoms with Crippen LogP contribution in [-0.4, -0.2) is 43.6 Å². The lowest BCUT2D eigenvalue weighted by molar-refractivity contribution is 0.499. The van der Waals surface area contributed by atoms with Crippen LogP contribution in [0.3, 0.4) is 0 Å². The van der Waals surface area contributed by atoms with E-state index in [1.165, 1.54) is 23.1 Å². The molecule has 0 radical (unpaired) electrons. The number of hydrogen-bond donors (Lipinski definition) is 2. The molecule has 1 aromatic carbocycles. The van der Waals surface area contributed by atoms with Crippen molar-refractivity contribution in [3.05, 3.63) is 59.9 Å². The molecule has 8 nitrogen and oxygen atoms in total. The molecule has 9 heteroatoms. The number of aliphatic imine (C=N–C) groups is 1. The molecule has 1 aliphatic rings. The van der Waals surface area contributed by atoms with Crippen molar-refractivity contribution in [1.29, 1.82) is 0 Å². The van der Waals surface area contributed by atoms with Crippen molar-refractivity contribution >= 4 is 29.9 Å². The molecule has 1 atom stereocenters. The third-order valence-electron chi connectivity index (χ3n) is 5.27. The summed E-state index contributed by atoms with van der Waals surface area (Å²) >= 11 is 0. The van der Waals surface area contributed by atoms with Crippen LogP contribution in [0.25, 0.3) is 5.69 Å². The number of halogens is 1. The van der Waals surface area contributed by atoms with E-state index in [-0.39, 0.29) is 24.0 Å². The van der Waals surface area contributed by atoms with E-state index in [2.05, 4.69) is 62.6 Å². The highest BCUT2D eigenvalue weighted by atomic mass is 127. The molecule has 0 spiro atoms. The fraction of sp³-hybridized carbons (Fsp3) is 0.429. The minimum Gasteiger partial charge on any atom is -0.353 e. The van der Waals surface area contributed by atoms with Crippen LogP contribution >= 0.6 is 24.0 Å². The molecular weight excluding hydrogens is 491 g/mol. The molecule has 0 saturated carbocycles. The number of guanidine groups is 1. The van der Waals surface area contributed by atoms with Gasteiger partial charge in [-0.25, -0.2) is 9.67 Å². The van der Waals surface area contributed by atoms with E-state index in [0.717, 1.165) is 30.9 Å². The van der Waals surface area contributed by atoms with E-state index in [0.29, 0.717) is 18.6 Å². The molecular formula is C21H29IN8. The van der Waals surface area contributed by atoms with Gasteiger partial charge in [0.05, 0.1) is 11.4 Å². The Morgan fingerprint density at radius 2 is 2.07 bits per heavy atom. The molecule has 0 aliphatic heterocycles. The van der Waals surface area contributed by atoms with Gasteiger partial charge in [0.25, 0.3) is 0 Å². The smallest absolute Gasteiger partial charge is 0.191 e. The van der Waals surface area contributed by atoms with Gasteiger partial charge in [0, 0.05) is 38.3 Å². The Balaban J connectivity index is 0.00000256. The van der Waals surface area contributed by atoms with Gasteiger partial charge in [0.2, 0.25) is 0 Å². The number of nitrogens with zero attached hydrogens (tertiary/aromatic N) is 6. The maximum Gasteiger partial charge on any atom is 0.191 e. The zero-order chi connectivity index (χ0) is 20.2. The summed E-state index contributed by atoms with van der Waals surface area (Å²) in [7, 11) is 1.81. The summed E-state index contributed by atoms with van der Waals surface area (Å²) in [5.74, 6) is 0.821. The Morgan fingerprint density at radius 1 is 1.27 bits per heavy atom. The molecule has 0 saturated heterocycles. The average molecular weight is 520 g/mol. The van der Waals surface area contributed by atoms with Crippen molar-refractivity contribution in [2.24, 2.45) is 4.99 Å². The van der Waals surface area contributed by atoms with Gasteiger partial charge in [-0.05, 0) is 49.9 Å². The average Bonchev–Trinajstić information content (AvgIpc) is 3.41. The van der Waals surface area contributed by atoms with Crippen LogP contribution in [0.15, 0.2) is 48.1 Å². The zero-order valence-corrected chi connectivity index (χ0v) is 19.9. The molecule has 0 bridgehead atoms. The molecule has 30 heavy (non-hydrogen) atoms. The maximum absolute atomic E-state index is 4.76. The molecule has 1 unspecified atom stereocenters. The maximum atomic E-state index is 4.76. The Labute approximate surface area is 194 Å². The Hall–Kier alpha value is -2.43. The zero-order valence-electron chi connectivity index (χ0n) is 17.6. The highest BCUT2D eigenvalue weighted by Crippen LogP contribution is 2.21. The SMILES string of the molecule is CN=C(NCc1ccc(-n2cncn2)cc1)NC1CCc2cn(C(C)C)nc2C1.I. The number of nitrogens with one attached hydrogen (secondary N) is 2. The molecule has 2 aromatic heterocycles. The van der Waals surface area contributed by atoms with Gasteiger partial charge in [0.15, 0.2) is 5.96 Å². The Bertz CT molecular complexity index is 960. The molecule has 0 fully saturated rings. The molecule has 1 aliphatic carbocycles. The lowest BCUT2D eigenvalue weighted by Gasteiger charge is -2.24. The molecule has 160 valence electrons. The van der Waals surface area contributed by atoms with Gasteiger partial charge in [0.1, 0.15) is 12.7 Å². The van der Waals surface area contributed by atoms with Gasteiger partial charge >= 0.3 is 0 Å². The summed E-state index contributed by atoms with van der Waals surface area (Å²) < 4.78 is 3.82. The van der Waals surface area contributed by atoms with Crippen molar-refractivity contribution in [3.8, 4) is 5.69 Å². The van der Waals surface area contributed by atoms with Crippen molar-refractivity contribution in [2.45, 2.75) is 51.7 Å². The third-order valence-corrected chi connectivity index (χ3v) is 5.27. The van der Waals surface area contributed by atoms with E-state index in [1.54, 1.807) is 11.0 Å². The molecule has 0 amide bonds. The highest BCUT2D eigenvalue weighted by molar-refractivity contribution is 14.0. The van der Waals surface area contributed by atoms with E-state index < -0.39 is 0 Å². The van der Waals surface area contributed by atoms with E-state index >= 15 is 0 Å². The fourth-order valence-electron chi connectivity index (χ4n) is 3.58. The number of hydrogen-bond acceptors (Lipinski definition) is 4. The van der Waals surface area contributed by atoms with Crippen molar-refractivity contribution in [1.82, 2.24) is 35.2 Å². The van der Waals surface area contributed by atoms with Gasteiger partial charge < -0.3 is 10.6 Å². The molecule has 2 N–H and O–H groups in total. The van der Waals surface area contributed by atoms with Crippen LogP contribution in [0, 0.1) is 0 Å². The summed E-state index contributed by atoms with van der Waals surface area (Å²) in [6.07, 6.45) is 8.50. The molecule has 2 heterocycles. The van der Waals surface area contributed by atoms with Crippen LogP contribution in [0.5, 0.6) is 0 Å². The first-order chi connectivity index (χ1) is 14.1. The Kier molecular flexibility index (Phi) is 7.46. The van der Waals surface area contributed by atoms with Crippen LogP contribution in [0.2, 0.25) is 0 Å². The van der Waals surface area contributed by atoms with Crippen LogP contribution in [0.4, 0.5) is 0 Å². The van der Waals surface area contributed by atoms with Gasteiger partial charge in [-0.3, -0.25) is 9.67 Å². The standard InChI is InChI=1S/C21H28N8.HI/c1-15(2)28-12-17-6-7-18(10-20(17)27-28)26-21(22-3)24-11-16-4-8-19(9-5-16)29-14-23-13-25-29;/h4-5,8-9,12-15,18H,6-7,10-11H2,1-3H3,(H2,22,24,26);1H. The second kappa shape index (κ2) is 10.1. The molecule has 3 aromatic rings. The summed E-state index contributed by atoms with van der Waals surface area (Å²) in [5.41, 5.74) is 4.76. The number of rotatable bonds is 5. The summed E-state index contributed by atoms with van der Waals surface area (Å²) in [6.45, 7) is 5.04. The third kappa shape index (κ3) is 5.18. The first-order valence-electron chi connectivity index (χ1n) is 10.1. The van der Waals surface area contributed by atoms with Crippen LogP contribution in [0.1, 0.15) is 43.1 Å². The van der Waals surface area contributed by atoms with Gasteiger partial charge in [-0.15, -0.1) is 24.0 Å². The van der Waals surface area contributed by atoms with Crippen LogP contribution < -0.4 is 10.6 Å². The first kappa shape index (κ1) is 22.3. The van der Waals surface area contributed by atoms with Gasteiger partial charge in [-0.2, -0.15) is 10.2 Å². The van der Waals surface area contributed by atoms with E-state index in [9.17, 15) is 0 Å². The summed E-state index contributed by atoms with van der Waals surface area (Å²) in [4.78, 5) is 8.37. The second-order valence-corrected chi connectivity index (χ2v) is 7.69. The van der Waals surface area contributed by atoms with Crippen LogP contribution in [-0.2, 0) is 19.4 Å². The minimum atomic E-state index is 0.